The van der Waals surface area contributed by atoms with Crippen molar-refractivity contribution in [3.05, 3.63) is 35.9 Å². The van der Waals surface area contributed by atoms with E-state index >= 15 is 0 Å². The molecule has 27 heavy (non-hydrogen) atoms. The summed E-state index contributed by atoms with van der Waals surface area (Å²) in [4.78, 5) is 26.9. The standard InChI is InChI=1S/C20H28N2O5/c1-15(2)17(21-19(24)25-14-16-6-4-3-5-7-16)18(23)22-10-8-20(9-11-22)26-12-13-27-20/h3-7,15,17H,8-14H2,1-2H3,(H,21,24)/t17-/m1/s1. The second-order valence-electron chi connectivity index (χ2n) is 7.36. The highest BCUT2D eigenvalue weighted by atomic mass is 16.7. The fraction of sp³-hybridized carbons (Fsp3) is 0.600. The van der Waals surface area contributed by atoms with Crippen LogP contribution in [0.25, 0.3) is 0 Å². The molecule has 2 heterocycles. The van der Waals surface area contributed by atoms with Gasteiger partial charge in [0.05, 0.1) is 13.2 Å². The van der Waals surface area contributed by atoms with Gasteiger partial charge in [0.2, 0.25) is 5.91 Å². The number of hydrogen-bond donors (Lipinski definition) is 1. The topological polar surface area (TPSA) is 77.1 Å². The monoisotopic (exact) mass is 376 g/mol. The van der Waals surface area contributed by atoms with Gasteiger partial charge in [-0.3, -0.25) is 4.79 Å². The molecule has 2 aliphatic rings. The molecule has 7 nitrogen and oxygen atoms in total. The Morgan fingerprint density at radius 1 is 1.15 bits per heavy atom. The van der Waals surface area contributed by atoms with Crippen molar-refractivity contribution in [3.63, 3.8) is 0 Å². The zero-order chi connectivity index (χ0) is 19.3. The van der Waals surface area contributed by atoms with Crippen LogP contribution in [0.5, 0.6) is 0 Å². The molecule has 0 aromatic heterocycles. The molecule has 2 amide bonds. The van der Waals surface area contributed by atoms with Crippen molar-refractivity contribution in [1.29, 1.82) is 0 Å². The van der Waals surface area contributed by atoms with E-state index in [1.165, 1.54) is 0 Å². The van der Waals surface area contributed by atoms with Crippen molar-refractivity contribution in [3.8, 4) is 0 Å². The molecule has 1 atom stereocenters. The fourth-order valence-corrected chi connectivity index (χ4v) is 3.46. The van der Waals surface area contributed by atoms with Crippen molar-refractivity contribution < 1.29 is 23.8 Å². The van der Waals surface area contributed by atoms with Crippen molar-refractivity contribution in [2.75, 3.05) is 26.3 Å². The van der Waals surface area contributed by atoms with Crippen LogP contribution in [-0.2, 0) is 25.6 Å². The summed E-state index contributed by atoms with van der Waals surface area (Å²) < 4.78 is 16.7. The van der Waals surface area contributed by atoms with Crippen LogP contribution in [0.3, 0.4) is 0 Å². The van der Waals surface area contributed by atoms with E-state index < -0.39 is 17.9 Å². The van der Waals surface area contributed by atoms with Crippen LogP contribution in [0.2, 0.25) is 0 Å². The lowest BCUT2D eigenvalue weighted by atomic mass is 9.99. The lowest BCUT2D eigenvalue weighted by molar-refractivity contribution is -0.188. The zero-order valence-corrected chi connectivity index (χ0v) is 16.0. The fourth-order valence-electron chi connectivity index (χ4n) is 3.46. The molecule has 7 heteroatoms. The number of likely N-dealkylation sites (tertiary alicyclic amines) is 1. The van der Waals surface area contributed by atoms with E-state index in [0.717, 1.165) is 5.56 Å². The SMILES string of the molecule is CC(C)[C@@H](NC(=O)OCc1ccccc1)C(=O)N1CCC2(CC1)OCCO2. The van der Waals surface area contributed by atoms with Crippen molar-refractivity contribution in [1.82, 2.24) is 10.2 Å². The summed E-state index contributed by atoms with van der Waals surface area (Å²) in [6.07, 6.45) is 0.728. The molecule has 0 unspecified atom stereocenters. The largest absolute Gasteiger partial charge is 0.445 e. The predicted octanol–water partition coefficient (Wildman–Crippen LogP) is 2.30. The molecule has 2 aliphatic heterocycles. The maximum absolute atomic E-state index is 12.9. The smallest absolute Gasteiger partial charge is 0.408 e. The molecular formula is C20H28N2O5. The first kappa shape index (κ1) is 19.6. The highest BCUT2D eigenvalue weighted by Gasteiger charge is 2.42. The minimum atomic E-state index is -0.618. The molecule has 3 rings (SSSR count). The molecule has 0 bridgehead atoms. The minimum Gasteiger partial charge on any atom is -0.445 e. The van der Waals surface area contributed by atoms with E-state index in [4.69, 9.17) is 14.2 Å². The van der Waals surface area contributed by atoms with Crippen LogP contribution in [0.1, 0.15) is 32.3 Å². The minimum absolute atomic E-state index is 0.0448. The Hall–Kier alpha value is -2.12. The third-order valence-electron chi connectivity index (χ3n) is 5.07. The van der Waals surface area contributed by atoms with Crippen LogP contribution in [0.4, 0.5) is 4.79 Å². The first-order chi connectivity index (χ1) is 13.0. The van der Waals surface area contributed by atoms with Gasteiger partial charge in [-0.15, -0.1) is 0 Å². The Labute approximate surface area is 160 Å². The maximum atomic E-state index is 12.9. The number of nitrogens with one attached hydrogen (secondary N) is 1. The van der Waals surface area contributed by atoms with Gasteiger partial charge < -0.3 is 24.4 Å². The summed E-state index contributed by atoms with van der Waals surface area (Å²) in [5.41, 5.74) is 0.901. The van der Waals surface area contributed by atoms with Crippen LogP contribution in [0, 0.1) is 5.92 Å². The van der Waals surface area contributed by atoms with Gasteiger partial charge in [0, 0.05) is 25.9 Å². The van der Waals surface area contributed by atoms with Gasteiger partial charge in [-0.25, -0.2) is 4.79 Å². The molecule has 0 aliphatic carbocycles. The third-order valence-corrected chi connectivity index (χ3v) is 5.07. The first-order valence-electron chi connectivity index (χ1n) is 9.53. The van der Waals surface area contributed by atoms with Crippen LogP contribution in [-0.4, -0.2) is 55.0 Å². The number of amides is 2. The van der Waals surface area contributed by atoms with Gasteiger partial charge in [-0.05, 0) is 11.5 Å². The number of carbonyl (C=O) groups excluding carboxylic acids is 2. The number of piperidine rings is 1. The Morgan fingerprint density at radius 3 is 2.37 bits per heavy atom. The number of benzene rings is 1. The second-order valence-corrected chi connectivity index (χ2v) is 7.36. The van der Waals surface area contributed by atoms with Gasteiger partial charge in [0.25, 0.3) is 0 Å². The van der Waals surface area contributed by atoms with E-state index in [-0.39, 0.29) is 18.4 Å². The number of ether oxygens (including phenoxy) is 3. The van der Waals surface area contributed by atoms with Gasteiger partial charge in [-0.1, -0.05) is 44.2 Å². The lowest BCUT2D eigenvalue weighted by Crippen LogP contribution is -2.55. The molecule has 0 radical (unpaired) electrons. The van der Waals surface area contributed by atoms with Gasteiger partial charge in [0.1, 0.15) is 12.6 Å². The van der Waals surface area contributed by atoms with Crippen LogP contribution < -0.4 is 5.32 Å². The number of carbonyl (C=O) groups is 2. The van der Waals surface area contributed by atoms with E-state index in [1.54, 1.807) is 4.90 Å². The van der Waals surface area contributed by atoms with Crippen molar-refractivity contribution in [2.45, 2.75) is 45.1 Å². The Morgan fingerprint density at radius 2 is 1.78 bits per heavy atom. The first-order valence-corrected chi connectivity index (χ1v) is 9.53. The maximum Gasteiger partial charge on any atom is 0.408 e. The molecular weight excluding hydrogens is 348 g/mol. The predicted molar refractivity (Wildman–Crippen MR) is 98.8 cm³/mol. The molecule has 2 saturated heterocycles. The average molecular weight is 376 g/mol. The molecule has 1 aromatic carbocycles. The molecule has 0 saturated carbocycles. The van der Waals surface area contributed by atoms with Gasteiger partial charge in [-0.2, -0.15) is 0 Å². The molecule has 2 fully saturated rings. The summed E-state index contributed by atoms with van der Waals surface area (Å²) in [5, 5.41) is 2.73. The summed E-state index contributed by atoms with van der Waals surface area (Å²) in [7, 11) is 0. The third kappa shape index (κ3) is 4.99. The summed E-state index contributed by atoms with van der Waals surface area (Å²) in [6.45, 7) is 6.33. The molecule has 1 N–H and O–H groups in total. The summed E-state index contributed by atoms with van der Waals surface area (Å²) >= 11 is 0. The van der Waals surface area contributed by atoms with E-state index in [1.807, 2.05) is 44.2 Å². The molecule has 148 valence electrons. The average Bonchev–Trinajstić information content (AvgIpc) is 3.13. The normalized spacial score (nSPS) is 19.9. The summed E-state index contributed by atoms with van der Waals surface area (Å²) in [5.74, 6) is -0.655. The molecule has 1 aromatic rings. The Balaban J connectivity index is 1.51. The number of hydrogen-bond acceptors (Lipinski definition) is 5. The highest BCUT2D eigenvalue weighted by molar-refractivity contribution is 5.86. The number of rotatable bonds is 5. The molecule has 1 spiro atoms. The van der Waals surface area contributed by atoms with E-state index in [9.17, 15) is 9.59 Å². The number of nitrogens with zero attached hydrogens (tertiary/aromatic N) is 1. The van der Waals surface area contributed by atoms with Gasteiger partial charge in [0.15, 0.2) is 5.79 Å². The second kappa shape index (κ2) is 8.71. The Kier molecular flexibility index (Phi) is 6.34. The van der Waals surface area contributed by atoms with Crippen LogP contribution >= 0.6 is 0 Å². The zero-order valence-electron chi connectivity index (χ0n) is 16.0. The lowest BCUT2D eigenvalue weighted by Gasteiger charge is -2.39. The van der Waals surface area contributed by atoms with Crippen molar-refractivity contribution >= 4 is 12.0 Å². The number of alkyl carbamates (subject to hydrolysis) is 1. The quantitative estimate of drug-likeness (QED) is 0.853. The summed E-state index contributed by atoms with van der Waals surface area (Å²) in [6, 6.07) is 8.83. The Bertz CT molecular complexity index is 633. The van der Waals surface area contributed by atoms with Crippen LogP contribution in [0.15, 0.2) is 30.3 Å². The van der Waals surface area contributed by atoms with Crippen molar-refractivity contribution in [2.24, 2.45) is 5.92 Å². The van der Waals surface area contributed by atoms with E-state index in [2.05, 4.69) is 5.32 Å². The highest BCUT2D eigenvalue weighted by Crippen LogP contribution is 2.31. The van der Waals surface area contributed by atoms with Gasteiger partial charge >= 0.3 is 6.09 Å². The van der Waals surface area contributed by atoms with E-state index in [0.29, 0.717) is 39.1 Å².